The molecule has 0 saturated heterocycles. The van der Waals surface area contributed by atoms with Gasteiger partial charge in [-0.2, -0.15) is 0 Å². The number of aliphatic hydroxyl groups is 1. The predicted octanol–water partition coefficient (Wildman–Crippen LogP) is 13.6. The Balaban J connectivity index is 4.32. The summed E-state index contributed by atoms with van der Waals surface area (Å²) in [7, 11) is -4.36. The van der Waals surface area contributed by atoms with E-state index in [0.717, 1.165) is 70.6 Å². The lowest BCUT2D eigenvalue weighted by atomic mass is 10.0. The minimum atomic E-state index is -4.36. The van der Waals surface area contributed by atoms with Crippen LogP contribution in [0.15, 0.2) is 97.2 Å². The Hall–Kier alpha value is -2.58. The van der Waals surface area contributed by atoms with Gasteiger partial charge in [0.05, 0.1) is 25.4 Å². The van der Waals surface area contributed by atoms with E-state index in [0.29, 0.717) is 6.42 Å². The predicted molar refractivity (Wildman–Crippen MR) is 253 cm³/mol. The molecule has 3 atom stereocenters. The highest BCUT2D eigenvalue weighted by molar-refractivity contribution is 7.47. The van der Waals surface area contributed by atoms with Gasteiger partial charge in [-0.15, -0.1) is 0 Å². The number of phosphoric ester groups is 1. The van der Waals surface area contributed by atoms with Crippen molar-refractivity contribution < 1.29 is 28.4 Å². The number of aliphatic hydroxyl groups excluding tert-OH is 1. The summed E-state index contributed by atoms with van der Waals surface area (Å²) in [5.74, 6) is -0.255. The van der Waals surface area contributed by atoms with Gasteiger partial charge in [0.2, 0.25) is 5.91 Å². The molecule has 3 unspecified atom stereocenters. The first-order valence-corrected chi connectivity index (χ1v) is 24.9. The first kappa shape index (κ1) is 56.4. The molecule has 59 heavy (non-hydrogen) atoms. The Labute approximate surface area is 362 Å². The second-order valence-corrected chi connectivity index (χ2v) is 16.7. The molecule has 338 valence electrons. The Morgan fingerprint density at radius 2 is 0.983 bits per heavy atom. The minimum absolute atomic E-state index is 0.0641. The van der Waals surface area contributed by atoms with Crippen LogP contribution in [0.4, 0.5) is 0 Å². The van der Waals surface area contributed by atoms with Crippen LogP contribution >= 0.6 is 7.82 Å². The summed E-state index contributed by atoms with van der Waals surface area (Å²) < 4.78 is 22.1. The number of nitrogens with two attached hydrogens (primary N) is 1. The van der Waals surface area contributed by atoms with Gasteiger partial charge in [-0.25, -0.2) is 4.57 Å². The van der Waals surface area contributed by atoms with Crippen molar-refractivity contribution >= 4 is 13.7 Å². The van der Waals surface area contributed by atoms with Crippen LogP contribution < -0.4 is 11.1 Å². The second-order valence-electron chi connectivity index (χ2n) is 15.2. The number of rotatable bonds is 42. The van der Waals surface area contributed by atoms with E-state index in [4.69, 9.17) is 14.8 Å². The van der Waals surface area contributed by atoms with Crippen LogP contribution in [0, 0.1) is 0 Å². The van der Waals surface area contributed by atoms with E-state index in [9.17, 15) is 19.4 Å². The molecule has 1 amide bonds. The summed E-state index contributed by atoms with van der Waals surface area (Å²) in [6, 6.07) is -0.898. The van der Waals surface area contributed by atoms with E-state index in [2.05, 4.69) is 104 Å². The maximum atomic E-state index is 12.8. The van der Waals surface area contributed by atoms with Gasteiger partial charge in [0.1, 0.15) is 0 Å². The lowest BCUT2D eigenvalue weighted by molar-refractivity contribution is -0.122. The zero-order valence-corrected chi connectivity index (χ0v) is 38.3. The Kier molecular flexibility index (Phi) is 43.0. The van der Waals surface area contributed by atoms with Gasteiger partial charge in [0.15, 0.2) is 0 Å². The van der Waals surface area contributed by atoms with E-state index in [1.807, 2.05) is 6.08 Å². The van der Waals surface area contributed by atoms with Gasteiger partial charge in [0.25, 0.3) is 0 Å². The van der Waals surface area contributed by atoms with E-state index in [-0.39, 0.29) is 32.1 Å². The number of carbonyl (C=O) groups is 1. The van der Waals surface area contributed by atoms with Crippen LogP contribution in [0.3, 0.4) is 0 Å². The summed E-state index contributed by atoms with van der Waals surface area (Å²) >= 11 is 0. The van der Waals surface area contributed by atoms with Crippen molar-refractivity contribution in [3.8, 4) is 0 Å². The summed E-state index contributed by atoms with van der Waals surface area (Å²) in [6.07, 6.45) is 61.8. The molecule has 0 saturated carbocycles. The standard InChI is InChI=1S/C50H87N2O6P/c1-3-5-7-9-11-13-15-17-19-21-22-23-24-25-26-28-30-32-34-36-38-40-42-44-50(54)52-48(47-58-59(55,56)57-46-45-51)49(53)43-41-39-37-35-33-31-29-27-20-18-16-14-12-10-8-6-4-2/h5,7,11,13,17,19,22-23,25-26,30,32,36,38,41,43,48-49,53H,3-4,6,8-10,12,14-16,18,20-21,24,27-29,31,33-35,37,39-40,42,44-47,51H2,1-2H3,(H,52,54)(H,55,56)/b7-5-,13-11-,19-17-,23-22-,26-25-,32-30-,38-36-,43-41+. The smallest absolute Gasteiger partial charge is 0.387 e. The fourth-order valence-electron chi connectivity index (χ4n) is 6.18. The fourth-order valence-corrected chi connectivity index (χ4v) is 6.94. The largest absolute Gasteiger partial charge is 0.472 e. The van der Waals surface area contributed by atoms with Crippen LogP contribution in [0.1, 0.15) is 181 Å². The number of unbranched alkanes of at least 4 members (excludes halogenated alkanes) is 16. The highest BCUT2D eigenvalue weighted by Crippen LogP contribution is 2.43. The van der Waals surface area contributed by atoms with Crippen molar-refractivity contribution in [3.05, 3.63) is 97.2 Å². The van der Waals surface area contributed by atoms with Crippen molar-refractivity contribution in [2.75, 3.05) is 19.8 Å². The van der Waals surface area contributed by atoms with Crippen LogP contribution in [0.25, 0.3) is 0 Å². The average molecular weight is 843 g/mol. The Morgan fingerprint density at radius 1 is 0.576 bits per heavy atom. The maximum absolute atomic E-state index is 12.8. The molecular weight excluding hydrogens is 756 g/mol. The zero-order chi connectivity index (χ0) is 43.2. The van der Waals surface area contributed by atoms with Gasteiger partial charge >= 0.3 is 7.82 Å². The van der Waals surface area contributed by atoms with Crippen LogP contribution in [0.5, 0.6) is 0 Å². The van der Waals surface area contributed by atoms with Gasteiger partial charge < -0.3 is 21.1 Å². The molecule has 0 fully saturated rings. The third-order valence-corrected chi connectivity index (χ3v) is 10.6. The summed E-state index contributed by atoms with van der Waals surface area (Å²) in [6.45, 7) is 3.97. The van der Waals surface area contributed by atoms with Crippen molar-refractivity contribution in [1.29, 1.82) is 0 Å². The molecule has 0 aromatic heterocycles. The molecule has 0 aromatic carbocycles. The normalized spacial score (nSPS) is 14.9. The quantitative estimate of drug-likeness (QED) is 0.0273. The Morgan fingerprint density at radius 3 is 1.42 bits per heavy atom. The molecule has 0 aromatic rings. The number of allylic oxidation sites excluding steroid dienone is 15. The van der Waals surface area contributed by atoms with Gasteiger partial charge in [-0.3, -0.25) is 13.8 Å². The number of amides is 1. The first-order chi connectivity index (χ1) is 28.9. The highest BCUT2D eigenvalue weighted by Gasteiger charge is 2.26. The summed E-state index contributed by atoms with van der Waals surface area (Å²) in [4.78, 5) is 22.7. The molecule has 0 aliphatic rings. The molecule has 0 heterocycles. The van der Waals surface area contributed by atoms with Crippen molar-refractivity contribution in [3.63, 3.8) is 0 Å². The molecule has 0 radical (unpaired) electrons. The number of phosphoric acid groups is 1. The van der Waals surface area contributed by atoms with Gasteiger partial charge in [0, 0.05) is 13.0 Å². The lowest BCUT2D eigenvalue weighted by Gasteiger charge is -2.23. The average Bonchev–Trinajstić information content (AvgIpc) is 3.22. The first-order valence-electron chi connectivity index (χ1n) is 23.4. The molecule has 9 heteroatoms. The van der Waals surface area contributed by atoms with Crippen molar-refractivity contribution in [2.45, 2.75) is 193 Å². The van der Waals surface area contributed by atoms with E-state index >= 15 is 0 Å². The summed E-state index contributed by atoms with van der Waals surface area (Å²) in [5, 5.41) is 13.7. The molecule has 0 bridgehead atoms. The maximum Gasteiger partial charge on any atom is 0.472 e. The van der Waals surface area contributed by atoms with Crippen molar-refractivity contribution in [1.82, 2.24) is 5.32 Å². The monoisotopic (exact) mass is 843 g/mol. The van der Waals surface area contributed by atoms with E-state index in [1.165, 1.54) is 83.5 Å². The SMILES string of the molecule is CC/C=C\C/C=C\C/C=C\C/C=C\C/C=C\C/C=C\C/C=C\CCCC(=O)NC(COP(=O)(O)OCCN)C(O)/C=C/CCCCCCCCCCCCCCCCC. The number of nitrogens with one attached hydrogen (secondary N) is 1. The highest BCUT2D eigenvalue weighted by atomic mass is 31.2. The van der Waals surface area contributed by atoms with E-state index in [1.54, 1.807) is 6.08 Å². The second kappa shape index (κ2) is 45.0. The third kappa shape index (κ3) is 43.3. The van der Waals surface area contributed by atoms with Crippen molar-refractivity contribution in [2.24, 2.45) is 5.73 Å². The molecule has 5 N–H and O–H groups in total. The fraction of sp³-hybridized carbons (Fsp3) is 0.660. The number of carbonyl (C=O) groups excluding carboxylic acids is 1. The minimum Gasteiger partial charge on any atom is -0.387 e. The zero-order valence-electron chi connectivity index (χ0n) is 37.5. The van der Waals surface area contributed by atoms with E-state index < -0.39 is 20.0 Å². The molecule has 0 aliphatic carbocycles. The molecular formula is C50H87N2O6P. The molecule has 0 rings (SSSR count). The third-order valence-electron chi connectivity index (χ3n) is 9.67. The lowest BCUT2D eigenvalue weighted by Crippen LogP contribution is -2.45. The number of hydrogen-bond donors (Lipinski definition) is 4. The number of hydrogen-bond acceptors (Lipinski definition) is 6. The van der Waals surface area contributed by atoms with Crippen LogP contribution in [-0.2, 0) is 18.4 Å². The molecule has 8 nitrogen and oxygen atoms in total. The van der Waals surface area contributed by atoms with Crippen LogP contribution in [0.2, 0.25) is 0 Å². The van der Waals surface area contributed by atoms with Gasteiger partial charge in [-0.05, 0) is 70.6 Å². The molecule has 0 aliphatic heterocycles. The summed E-state index contributed by atoms with van der Waals surface area (Å²) in [5.41, 5.74) is 5.38. The van der Waals surface area contributed by atoms with Gasteiger partial charge in [-0.1, -0.05) is 201 Å². The molecule has 0 spiro atoms. The Bertz CT molecular complexity index is 1240. The topological polar surface area (TPSA) is 131 Å². The van der Waals surface area contributed by atoms with Crippen LogP contribution in [-0.4, -0.2) is 47.8 Å².